The maximum atomic E-state index is 12.7. The van der Waals surface area contributed by atoms with E-state index in [1.165, 1.54) is 7.11 Å². The molecule has 0 saturated heterocycles. The number of carbonyl (C=O) groups is 1. The van der Waals surface area contributed by atoms with Crippen LogP contribution in [-0.2, 0) is 14.8 Å². The third kappa shape index (κ3) is 5.23. The molecule has 0 aliphatic rings. The summed E-state index contributed by atoms with van der Waals surface area (Å²) in [4.78, 5) is 12.7. The summed E-state index contributed by atoms with van der Waals surface area (Å²) in [6.45, 7) is 5.74. The predicted octanol–water partition coefficient (Wildman–Crippen LogP) is 3.61. The van der Waals surface area contributed by atoms with Gasteiger partial charge in [0, 0.05) is 11.8 Å². The molecular weight excluding hydrogens is 364 g/mol. The molecule has 0 bridgehead atoms. The smallest absolute Gasteiger partial charge is 0.247 e. The average Bonchev–Trinajstić information content (AvgIpc) is 2.61. The number of nitrogens with one attached hydrogen (secondary N) is 1. The fraction of sp³-hybridized carbons (Fsp3) is 0.350. The first-order valence-corrected chi connectivity index (χ1v) is 10.5. The van der Waals surface area contributed by atoms with E-state index in [4.69, 9.17) is 4.74 Å². The van der Waals surface area contributed by atoms with E-state index >= 15 is 0 Å². The van der Waals surface area contributed by atoms with Crippen molar-refractivity contribution in [2.24, 2.45) is 0 Å². The monoisotopic (exact) mass is 390 g/mol. The van der Waals surface area contributed by atoms with Crippen LogP contribution in [0.4, 0.5) is 11.4 Å². The normalized spacial score (nSPS) is 12.5. The molecule has 7 heteroatoms. The highest BCUT2D eigenvalue weighted by Crippen LogP contribution is 2.26. The molecule has 6 nitrogen and oxygen atoms in total. The third-order valence-corrected chi connectivity index (χ3v) is 5.48. The Morgan fingerprint density at radius 2 is 1.70 bits per heavy atom. The molecule has 0 aliphatic heterocycles. The molecule has 1 N–H and O–H groups in total. The fourth-order valence-corrected chi connectivity index (χ4v) is 3.92. The molecule has 0 spiro atoms. The Morgan fingerprint density at radius 3 is 2.22 bits per heavy atom. The first-order valence-electron chi connectivity index (χ1n) is 8.67. The van der Waals surface area contributed by atoms with Gasteiger partial charge < -0.3 is 10.1 Å². The third-order valence-electron chi connectivity index (χ3n) is 4.24. The van der Waals surface area contributed by atoms with Crippen molar-refractivity contribution in [1.29, 1.82) is 0 Å². The number of sulfonamides is 1. The Kier molecular flexibility index (Phi) is 6.49. The zero-order chi connectivity index (χ0) is 20.2. The Labute approximate surface area is 161 Å². The first kappa shape index (κ1) is 20.8. The number of amides is 1. The first-order chi connectivity index (χ1) is 12.6. The van der Waals surface area contributed by atoms with Crippen LogP contribution >= 0.6 is 0 Å². The Bertz CT molecular complexity index is 892. The lowest BCUT2D eigenvalue weighted by Crippen LogP contribution is -2.45. The van der Waals surface area contributed by atoms with Gasteiger partial charge in [-0.15, -0.1) is 0 Å². The van der Waals surface area contributed by atoms with Crippen LogP contribution in [0.15, 0.2) is 48.5 Å². The second kappa shape index (κ2) is 8.43. The largest absolute Gasteiger partial charge is 0.497 e. The predicted molar refractivity (Wildman–Crippen MR) is 109 cm³/mol. The number of ether oxygens (including phenoxy) is 1. The topological polar surface area (TPSA) is 75.7 Å². The maximum absolute atomic E-state index is 12.7. The highest BCUT2D eigenvalue weighted by Gasteiger charge is 2.29. The SMILES string of the molecule is COc1cccc(N([C@H](C)C(=O)Nc2ccc(C(C)C)cc2)S(C)(=O)=O)c1. The second-order valence-electron chi connectivity index (χ2n) is 6.70. The van der Waals surface area contributed by atoms with Crippen molar-refractivity contribution < 1.29 is 17.9 Å². The molecule has 0 radical (unpaired) electrons. The van der Waals surface area contributed by atoms with E-state index in [1.54, 1.807) is 31.2 Å². The van der Waals surface area contributed by atoms with Gasteiger partial charge in [0.25, 0.3) is 0 Å². The standard InChI is InChI=1S/C20H26N2O4S/c1-14(2)16-9-11-17(12-10-16)21-20(23)15(3)22(27(5,24)25)18-7-6-8-19(13-18)26-4/h6-15H,1-5H3,(H,21,23)/t15-/m1/s1. The molecular formula is C20H26N2O4S. The summed E-state index contributed by atoms with van der Waals surface area (Å²) in [7, 11) is -2.18. The van der Waals surface area contributed by atoms with Gasteiger partial charge in [-0.2, -0.15) is 0 Å². The molecule has 0 fully saturated rings. The molecule has 0 heterocycles. The Hall–Kier alpha value is -2.54. The van der Waals surface area contributed by atoms with Crippen LogP contribution in [0.3, 0.4) is 0 Å². The van der Waals surface area contributed by atoms with Crippen molar-refractivity contribution in [2.75, 3.05) is 23.0 Å². The molecule has 27 heavy (non-hydrogen) atoms. The minimum atomic E-state index is -3.68. The van der Waals surface area contributed by atoms with E-state index < -0.39 is 22.0 Å². The van der Waals surface area contributed by atoms with Crippen LogP contribution in [0.5, 0.6) is 5.75 Å². The van der Waals surface area contributed by atoms with Gasteiger partial charge in [-0.1, -0.05) is 32.0 Å². The van der Waals surface area contributed by atoms with Gasteiger partial charge in [-0.3, -0.25) is 9.10 Å². The van der Waals surface area contributed by atoms with E-state index in [-0.39, 0.29) is 0 Å². The maximum Gasteiger partial charge on any atom is 0.247 e. The molecule has 2 aromatic carbocycles. The van der Waals surface area contributed by atoms with Crippen molar-refractivity contribution in [1.82, 2.24) is 0 Å². The van der Waals surface area contributed by atoms with Crippen LogP contribution in [0.2, 0.25) is 0 Å². The summed E-state index contributed by atoms with van der Waals surface area (Å²) in [5.41, 5.74) is 2.15. The number of hydrogen-bond acceptors (Lipinski definition) is 4. The van der Waals surface area contributed by atoms with Crippen molar-refractivity contribution in [2.45, 2.75) is 32.7 Å². The van der Waals surface area contributed by atoms with Gasteiger partial charge in [0.05, 0.1) is 19.1 Å². The van der Waals surface area contributed by atoms with Gasteiger partial charge in [-0.05, 0) is 42.7 Å². The van der Waals surface area contributed by atoms with Gasteiger partial charge in [-0.25, -0.2) is 8.42 Å². The number of hydrogen-bond donors (Lipinski definition) is 1. The molecule has 1 amide bonds. The van der Waals surface area contributed by atoms with E-state index in [1.807, 2.05) is 24.3 Å². The lowest BCUT2D eigenvalue weighted by atomic mass is 10.0. The van der Waals surface area contributed by atoms with Crippen LogP contribution in [-0.4, -0.2) is 33.7 Å². The van der Waals surface area contributed by atoms with Crippen molar-refractivity contribution >= 4 is 27.3 Å². The highest BCUT2D eigenvalue weighted by molar-refractivity contribution is 7.92. The van der Waals surface area contributed by atoms with Crippen molar-refractivity contribution in [3.05, 3.63) is 54.1 Å². The number of rotatable bonds is 7. The van der Waals surface area contributed by atoms with E-state index in [0.29, 0.717) is 23.0 Å². The quantitative estimate of drug-likeness (QED) is 0.784. The van der Waals surface area contributed by atoms with Crippen LogP contribution < -0.4 is 14.4 Å². The molecule has 0 aromatic heterocycles. The lowest BCUT2D eigenvalue weighted by molar-refractivity contribution is -0.116. The molecule has 2 rings (SSSR count). The fourth-order valence-electron chi connectivity index (χ4n) is 2.75. The Morgan fingerprint density at radius 1 is 1.07 bits per heavy atom. The Balaban J connectivity index is 2.26. The number of benzene rings is 2. The summed E-state index contributed by atoms with van der Waals surface area (Å²) in [6, 6.07) is 13.2. The summed E-state index contributed by atoms with van der Waals surface area (Å²) < 4.78 is 31.0. The molecule has 0 unspecified atom stereocenters. The van der Waals surface area contributed by atoms with Gasteiger partial charge in [0.1, 0.15) is 11.8 Å². The zero-order valence-electron chi connectivity index (χ0n) is 16.3. The number of nitrogens with zero attached hydrogens (tertiary/aromatic N) is 1. The van der Waals surface area contributed by atoms with E-state index in [2.05, 4.69) is 19.2 Å². The highest BCUT2D eigenvalue weighted by atomic mass is 32.2. The summed E-state index contributed by atoms with van der Waals surface area (Å²) >= 11 is 0. The van der Waals surface area contributed by atoms with Crippen LogP contribution in [0, 0.1) is 0 Å². The molecule has 2 aromatic rings. The van der Waals surface area contributed by atoms with E-state index in [9.17, 15) is 13.2 Å². The van der Waals surface area contributed by atoms with Crippen LogP contribution in [0.25, 0.3) is 0 Å². The van der Waals surface area contributed by atoms with Gasteiger partial charge >= 0.3 is 0 Å². The minimum absolute atomic E-state index is 0.370. The van der Waals surface area contributed by atoms with Crippen LogP contribution in [0.1, 0.15) is 32.3 Å². The average molecular weight is 391 g/mol. The number of methoxy groups -OCH3 is 1. The van der Waals surface area contributed by atoms with Crippen molar-refractivity contribution in [3.63, 3.8) is 0 Å². The molecule has 0 saturated carbocycles. The number of anilines is 2. The number of carbonyl (C=O) groups excluding carboxylic acids is 1. The second-order valence-corrected chi connectivity index (χ2v) is 8.56. The van der Waals surface area contributed by atoms with Gasteiger partial charge in [0.2, 0.25) is 15.9 Å². The van der Waals surface area contributed by atoms with Crippen molar-refractivity contribution in [3.8, 4) is 5.75 Å². The minimum Gasteiger partial charge on any atom is -0.497 e. The summed E-state index contributed by atoms with van der Waals surface area (Å²) in [5.74, 6) is 0.487. The molecule has 0 aliphatic carbocycles. The molecule has 1 atom stereocenters. The lowest BCUT2D eigenvalue weighted by Gasteiger charge is -2.28. The van der Waals surface area contributed by atoms with E-state index in [0.717, 1.165) is 16.1 Å². The summed E-state index contributed by atoms with van der Waals surface area (Å²) in [6.07, 6.45) is 1.08. The summed E-state index contributed by atoms with van der Waals surface area (Å²) in [5, 5.41) is 2.78. The zero-order valence-corrected chi connectivity index (χ0v) is 17.1. The molecule has 146 valence electrons. The van der Waals surface area contributed by atoms with Gasteiger partial charge in [0.15, 0.2) is 0 Å².